The average Bonchev–Trinajstić information content (AvgIpc) is 3.33. The molecule has 5 nitrogen and oxygen atoms in total. The standard InChI is InChI=1S/C26H32FN3O2/c1-19-9-11-22(12-10-19)26(32)30-15-13-29(14-16-30)24(21-6-2-3-7-21)25(31)28-18-20-5-4-8-23(27)17-20/h4-5,8-12,17,21,24H,2-3,6-7,13-16,18H2,1H3,(H,28,31). The van der Waals surface area contributed by atoms with Crippen molar-refractivity contribution >= 4 is 11.8 Å². The predicted molar refractivity (Wildman–Crippen MR) is 123 cm³/mol. The van der Waals surface area contributed by atoms with Crippen LogP contribution >= 0.6 is 0 Å². The molecular weight excluding hydrogens is 405 g/mol. The van der Waals surface area contributed by atoms with E-state index < -0.39 is 0 Å². The first-order valence-electron chi connectivity index (χ1n) is 11.6. The number of benzene rings is 2. The molecule has 2 amide bonds. The van der Waals surface area contributed by atoms with E-state index in [9.17, 15) is 14.0 Å². The van der Waals surface area contributed by atoms with Crippen molar-refractivity contribution in [2.24, 2.45) is 5.92 Å². The van der Waals surface area contributed by atoms with Crippen molar-refractivity contribution in [3.8, 4) is 0 Å². The maximum Gasteiger partial charge on any atom is 0.253 e. The number of amides is 2. The van der Waals surface area contributed by atoms with Crippen molar-refractivity contribution in [2.45, 2.75) is 45.2 Å². The Labute approximate surface area is 189 Å². The third-order valence-corrected chi connectivity index (χ3v) is 6.76. The van der Waals surface area contributed by atoms with E-state index in [0.717, 1.165) is 36.8 Å². The minimum atomic E-state index is -0.293. The summed E-state index contributed by atoms with van der Waals surface area (Å²) in [5, 5.41) is 3.04. The zero-order valence-corrected chi connectivity index (χ0v) is 18.7. The van der Waals surface area contributed by atoms with Crippen LogP contribution in [0.25, 0.3) is 0 Å². The van der Waals surface area contributed by atoms with Gasteiger partial charge in [0.15, 0.2) is 0 Å². The molecule has 1 unspecified atom stereocenters. The van der Waals surface area contributed by atoms with Crippen LogP contribution in [0.4, 0.5) is 4.39 Å². The number of nitrogens with one attached hydrogen (secondary N) is 1. The molecule has 1 aliphatic heterocycles. The first-order valence-corrected chi connectivity index (χ1v) is 11.6. The van der Waals surface area contributed by atoms with Crippen LogP contribution in [0, 0.1) is 18.7 Å². The van der Waals surface area contributed by atoms with Gasteiger partial charge in [-0.2, -0.15) is 0 Å². The Morgan fingerprint density at radius 1 is 1.03 bits per heavy atom. The number of aryl methyl sites for hydroxylation is 1. The molecule has 2 aromatic rings. The summed E-state index contributed by atoms with van der Waals surface area (Å²) in [4.78, 5) is 30.2. The maximum atomic E-state index is 13.5. The van der Waals surface area contributed by atoms with E-state index in [0.29, 0.717) is 44.2 Å². The Morgan fingerprint density at radius 2 is 1.72 bits per heavy atom. The highest BCUT2D eigenvalue weighted by Crippen LogP contribution is 2.31. The molecule has 32 heavy (non-hydrogen) atoms. The van der Waals surface area contributed by atoms with Crippen molar-refractivity contribution in [3.63, 3.8) is 0 Å². The number of carbonyl (C=O) groups is 2. The van der Waals surface area contributed by atoms with Gasteiger partial charge in [0.05, 0.1) is 6.04 Å². The SMILES string of the molecule is Cc1ccc(C(=O)N2CCN(C(C(=O)NCc3cccc(F)c3)C3CCCC3)CC2)cc1. The second-order valence-electron chi connectivity index (χ2n) is 9.03. The van der Waals surface area contributed by atoms with Gasteiger partial charge in [0.2, 0.25) is 5.91 Å². The van der Waals surface area contributed by atoms with Crippen LogP contribution in [0.3, 0.4) is 0 Å². The van der Waals surface area contributed by atoms with E-state index in [-0.39, 0.29) is 23.7 Å². The van der Waals surface area contributed by atoms with Gasteiger partial charge < -0.3 is 10.2 Å². The van der Waals surface area contributed by atoms with Gasteiger partial charge >= 0.3 is 0 Å². The fourth-order valence-corrected chi connectivity index (χ4v) is 4.97. The van der Waals surface area contributed by atoms with E-state index in [4.69, 9.17) is 0 Å². The molecule has 1 N–H and O–H groups in total. The lowest BCUT2D eigenvalue weighted by atomic mass is 9.94. The monoisotopic (exact) mass is 437 g/mol. The maximum absolute atomic E-state index is 13.5. The Balaban J connectivity index is 1.38. The number of rotatable bonds is 6. The Morgan fingerprint density at radius 3 is 2.38 bits per heavy atom. The fraction of sp³-hybridized carbons (Fsp3) is 0.462. The lowest BCUT2D eigenvalue weighted by Gasteiger charge is -2.40. The third kappa shape index (κ3) is 5.36. The van der Waals surface area contributed by atoms with E-state index in [2.05, 4.69) is 10.2 Å². The second-order valence-corrected chi connectivity index (χ2v) is 9.03. The van der Waals surface area contributed by atoms with Crippen molar-refractivity contribution in [2.75, 3.05) is 26.2 Å². The second kappa shape index (κ2) is 10.3. The van der Waals surface area contributed by atoms with Crippen LogP contribution in [0.5, 0.6) is 0 Å². The molecule has 2 aromatic carbocycles. The van der Waals surface area contributed by atoms with E-state index in [1.807, 2.05) is 42.2 Å². The van der Waals surface area contributed by atoms with Gasteiger partial charge in [-0.25, -0.2) is 4.39 Å². The quantitative estimate of drug-likeness (QED) is 0.749. The highest BCUT2D eigenvalue weighted by molar-refractivity contribution is 5.94. The Hall–Kier alpha value is -2.73. The molecular formula is C26H32FN3O2. The number of nitrogens with zero attached hydrogens (tertiary/aromatic N) is 2. The van der Waals surface area contributed by atoms with Crippen LogP contribution in [0.1, 0.15) is 47.2 Å². The van der Waals surface area contributed by atoms with Crippen molar-refractivity contribution in [1.29, 1.82) is 0 Å². The molecule has 170 valence electrons. The molecule has 0 spiro atoms. The summed E-state index contributed by atoms with van der Waals surface area (Å²) in [5.41, 5.74) is 2.61. The summed E-state index contributed by atoms with van der Waals surface area (Å²) in [6.45, 7) is 4.94. The molecule has 0 radical (unpaired) electrons. The average molecular weight is 438 g/mol. The van der Waals surface area contributed by atoms with Crippen molar-refractivity contribution < 1.29 is 14.0 Å². The first-order chi connectivity index (χ1) is 15.5. The van der Waals surface area contributed by atoms with E-state index in [1.165, 1.54) is 12.1 Å². The van der Waals surface area contributed by atoms with Gasteiger partial charge in [-0.15, -0.1) is 0 Å². The van der Waals surface area contributed by atoms with Crippen LogP contribution in [0.15, 0.2) is 48.5 Å². The number of halogens is 1. The minimum absolute atomic E-state index is 0.0134. The number of carbonyl (C=O) groups excluding carboxylic acids is 2. The van der Waals surface area contributed by atoms with E-state index in [1.54, 1.807) is 6.07 Å². The number of hydrogen-bond acceptors (Lipinski definition) is 3. The topological polar surface area (TPSA) is 52.7 Å². The Kier molecular flexibility index (Phi) is 7.20. The predicted octanol–water partition coefficient (Wildman–Crippen LogP) is 3.77. The molecule has 1 atom stereocenters. The fourth-order valence-electron chi connectivity index (χ4n) is 4.97. The lowest BCUT2D eigenvalue weighted by Crippen LogP contribution is -2.57. The zero-order chi connectivity index (χ0) is 22.5. The van der Waals surface area contributed by atoms with Gasteiger partial charge in [0.25, 0.3) is 5.91 Å². The van der Waals surface area contributed by atoms with Crippen molar-refractivity contribution in [3.05, 3.63) is 71.0 Å². The van der Waals surface area contributed by atoms with Crippen LogP contribution in [-0.2, 0) is 11.3 Å². The van der Waals surface area contributed by atoms with Gasteiger partial charge in [0, 0.05) is 38.3 Å². The summed E-state index contributed by atoms with van der Waals surface area (Å²) in [6.07, 6.45) is 4.43. The summed E-state index contributed by atoms with van der Waals surface area (Å²) in [6, 6.07) is 13.8. The van der Waals surface area contributed by atoms with Gasteiger partial charge in [-0.3, -0.25) is 14.5 Å². The van der Waals surface area contributed by atoms with Crippen LogP contribution in [0.2, 0.25) is 0 Å². The summed E-state index contributed by atoms with van der Waals surface area (Å²) in [5.74, 6) is 0.109. The molecule has 1 aliphatic carbocycles. The molecule has 6 heteroatoms. The largest absolute Gasteiger partial charge is 0.351 e. The highest BCUT2D eigenvalue weighted by atomic mass is 19.1. The molecule has 0 bridgehead atoms. The normalized spacial score (nSPS) is 18.5. The summed E-state index contributed by atoms with van der Waals surface area (Å²) < 4.78 is 13.5. The van der Waals surface area contributed by atoms with Gasteiger partial charge in [-0.05, 0) is 55.5 Å². The van der Waals surface area contributed by atoms with Gasteiger partial charge in [-0.1, -0.05) is 42.7 Å². The van der Waals surface area contributed by atoms with Crippen LogP contribution in [-0.4, -0.2) is 53.8 Å². The van der Waals surface area contributed by atoms with Crippen molar-refractivity contribution in [1.82, 2.24) is 15.1 Å². The molecule has 0 aromatic heterocycles. The first kappa shape index (κ1) is 22.5. The third-order valence-electron chi connectivity index (χ3n) is 6.76. The Bertz CT molecular complexity index is 932. The molecule has 1 saturated carbocycles. The highest BCUT2D eigenvalue weighted by Gasteiger charge is 2.37. The minimum Gasteiger partial charge on any atom is -0.351 e. The zero-order valence-electron chi connectivity index (χ0n) is 18.7. The molecule has 2 fully saturated rings. The molecule has 1 saturated heterocycles. The van der Waals surface area contributed by atoms with Crippen LogP contribution < -0.4 is 5.32 Å². The summed E-state index contributed by atoms with van der Waals surface area (Å²) >= 11 is 0. The number of hydrogen-bond donors (Lipinski definition) is 1. The van der Waals surface area contributed by atoms with E-state index >= 15 is 0 Å². The smallest absolute Gasteiger partial charge is 0.253 e. The molecule has 2 aliphatic rings. The molecule has 4 rings (SSSR count). The lowest BCUT2D eigenvalue weighted by molar-refractivity contribution is -0.129. The number of piperazine rings is 1. The van der Waals surface area contributed by atoms with Gasteiger partial charge in [0.1, 0.15) is 5.82 Å². The summed E-state index contributed by atoms with van der Waals surface area (Å²) in [7, 11) is 0. The molecule has 1 heterocycles.